The first-order chi connectivity index (χ1) is 7.29. The lowest BCUT2D eigenvalue weighted by molar-refractivity contribution is 0.121. The van der Waals surface area contributed by atoms with Gasteiger partial charge in [0.1, 0.15) is 0 Å². The van der Waals surface area contributed by atoms with Gasteiger partial charge in [-0.05, 0) is 43.9 Å². The highest BCUT2D eigenvalue weighted by atomic mass is 32.2. The van der Waals surface area contributed by atoms with Crippen LogP contribution >= 0.6 is 11.8 Å². The summed E-state index contributed by atoms with van der Waals surface area (Å²) in [5.41, 5.74) is 1.19. The first-order valence-electron chi connectivity index (χ1n) is 5.32. The molecule has 2 nitrogen and oxygen atoms in total. The van der Waals surface area contributed by atoms with E-state index in [4.69, 9.17) is 4.74 Å². The molecule has 1 aromatic rings. The lowest BCUT2D eigenvalue weighted by Crippen LogP contribution is -2.26. The highest BCUT2D eigenvalue weighted by Gasteiger charge is 2.23. The van der Waals surface area contributed by atoms with Crippen LogP contribution in [0.3, 0.4) is 0 Å². The fraction of sp³-hybridized carbons (Fsp3) is 0.500. The summed E-state index contributed by atoms with van der Waals surface area (Å²) < 4.78 is 5.52. The van der Waals surface area contributed by atoms with E-state index in [0.717, 1.165) is 13.0 Å². The van der Waals surface area contributed by atoms with Gasteiger partial charge in [0.15, 0.2) is 0 Å². The number of hydrogen-bond donors (Lipinski definition) is 1. The van der Waals surface area contributed by atoms with Gasteiger partial charge in [0.05, 0.1) is 12.1 Å². The zero-order valence-corrected chi connectivity index (χ0v) is 10.0. The average molecular weight is 223 g/mol. The Hall–Kier alpha value is -0.670. The van der Waals surface area contributed by atoms with Gasteiger partial charge in [0, 0.05) is 17.2 Å². The molecule has 0 bridgehead atoms. The first kappa shape index (κ1) is 10.8. The Morgan fingerprint density at radius 3 is 2.60 bits per heavy atom. The van der Waals surface area contributed by atoms with Crippen LogP contribution in [0.5, 0.6) is 0 Å². The molecule has 0 radical (unpaired) electrons. The molecular formula is C12H17NOS. The predicted molar refractivity (Wildman–Crippen MR) is 65.7 cm³/mol. The maximum atomic E-state index is 5.52. The Morgan fingerprint density at radius 1 is 1.33 bits per heavy atom. The van der Waals surface area contributed by atoms with Crippen LogP contribution in [0.1, 0.15) is 13.3 Å². The molecule has 2 rings (SSSR count). The molecule has 15 heavy (non-hydrogen) atoms. The standard InChI is InChI=1S/C12H17NOS/c1-9-12(7-8-14-9)13-10-3-5-11(15-2)6-4-10/h3-6,9,12-13H,7-8H2,1-2H3/t9-,12-/m1/s1. The van der Waals surface area contributed by atoms with Gasteiger partial charge in [-0.25, -0.2) is 0 Å². The molecule has 82 valence electrons. The van der Waals surface area contributed by atoms with Crippen molar-refractivity contribution in [2.45, 2.75) is 30.4 Å². The minimum atomic E-state index is 0.324. The van der Waals surface area contributed by atoms with Gasteiger partial charge in [0.25, 0.3) is 0 Å². The molecule has 1 fully saturated rings. The highest BCUT2D eigenvalue weighted by Crippen LogP contribution is 2.21. The van der Waals surface area contributed by atoms with Crippen molar-refractivity contribution in [3.05, 3.63) is 24.3 Å². The summed E-state index contributed by atoms with van der Waals surface area (Å²) in [4.78, 5) is 1.30. The summed E-state index contributed by atoms with van der Waals surface area (Å²) in [5.74, 6) is 0. The Labute approximate surface area is 95.4 Å². The molecule has 1 heterocycles. The van der Waals surface area contributed by atoms with E-state index >= 15 is 0 Å². The fourth-order valence-corrected chi connectivity index (χ4v) is 2.23. The van der Waals surface area contributed by atoms with Crippen LogP contribution in [-0.2, 0) is 4.74 Å². The van der Waals surface area contributed by atoms with E-state index in [9.17, 15) is 0 Å². The largest absolute Gasteiger partial charge is 0.380 e. The molecule has 0 saturated carbocycles. The molecule has 0 unspecified atom stereocenters. The fourth-order valence-electron chi connectivity index (χ4n) is 1.82. The third-order valence-corrected chi connectivity index (χ3v) is 3.56. The third-order valence-electron chi connectivity index (χ3n) is 2.82. The molecule has 1 aromatic carbocycles. The molecule has 0 spiro atoms. The van der Waals surface area contributed by atoms with E-state index in [1.54, 1.807) is 11.8 Å². The Balaban J connectivity index is 1.98. The van der Waals surface area contributed by atoms with E-state index in [0.29, 0.717) is 12.1 Å². The summed E-state index contributed by atoms with van der Waals surface area (Å²) in [6.45, 7) is 3.00. The molecule has 2 atom stereocenters. The van der Waals surface area contributed by atoms with Gasteiger partial charge in [-0.3, -0.25) is 0 Å². The molecular weight excluding hydrogens is 206 g/mol. The summed E-state index contributed by atoms with van der Waals surface area (Å²) in [5, 5.41) is 3.51. The van der Waals surface area contributed by atoms with Crippen molar-refractivity contribution in [2.75, 3.05) is 18.2 Å². The number of nitrogens with one attached hydrogen (secondary N) is 1. The van der Waals surface area contributed by atoms with Crippen molar-refractivity contribution >= 4 is 17.4 Å². The van der Waals surface area contributed by atoms with Gasteiger partial charge in [-0.15, -0.1) is 11.8 Å². The lowest BCUT2D eigenvalue weighted by atomic mass is 10.1. The Kier molecular flexibility index (Phi) is 3.54. The van der Waals surface area contributed by atoms with E-state index in [1.165, 1.54) is 10.6 Å². The molecule has 0 aromatic heterocycles. The van der Waals surface area contributed by atoms with Crippen molar-refractivity contribution in [1.29, 1.82) is 0 Å². The van der Waals surface area contributed by atoms with Crippen LogP contribution in [0.25, 0.3) is 0 Å². The topological polar surface area (TPSA) is 21.3 Å². The average Bonchev–Trinajstić information content (AvgIpc) is 2.66. The van der Waals surface area contributed by atoms with E-state index < -0.39 is 0 Å². The molecule has 0 amide bonds. The van der Waals surface area contributed by atoms with Crippen LogP contribution in [0.2, 0.25) is 0 Å². The lowest BCUT2D eigenvalue weighted by Gasteiger charge is -2.17. The minimum absolute atomic E-state index is 0.324. The number of hydrogen-bond acceptors (Lipinski definition) is 3. The number of rotatable bonds is 3. The van der Waals surface area contributed by atoms with Crippen molar-refractivity contribution in [3.8, 4) is 0 Å². The smallest absolute Gasteiger partial charge is 0.0748 e. The number of ether oxygens (including phenoxy) is 1. The van der Waals surface area contributed by atoms with E-state index in [-0.39, 0.29) is 0 Å². The van der Waals surface area contributed by atoms with Crippen molar-refractivity contribution in [1.82, 2.24) is 0 Å². The van der Waals surface area contributed by atoms with Gasteiger partial charge < -0.3 is 10.1 Å². The monoisotopic (exact) mass is 223 g/mol. The molecule has 3 heteroatoms. The normalized spacial score (nSPS) is 25.5. The number of anilines is 1. The van der Waals surface area contributed by atoms with Crippen molar-refractivity contribution < 1.29 is 4.74 Å². The molecule has 0 aliphatic carbocycles. The second-order valence-corrected chi connectivity index (χ2v) is 4.72. The Morgan fingerprint density at radius 2 is 2.07 bits per heavy atom. The second kappa shape index (κ2) is 4.90. The number of benzene rings is 1. The second-order valence-electron chi connectivity index (χ2n) is 3.84. The SMILES string of the molecule is CSc1ccc(N[C@@H]2CCO[C@@H]2C)cc1. The highest BCUT2D eigenvalue weighted by molar-refractivity contribution is 7.98. The first-order valence-corrected chi connectivity index (χ1v) is 6.54. The maximum Gasteiger partial charge on any atom is 0.0748 e. The summed E-state index contributed by atoms with van der Waals surface area (Å²) in [6.07, 6.45) is 3.52. The van der Waals surface area contributed by atoms with E-state index in [1.807, 2.05) is 0 Å². The predicted octanol–water partition coefficient (Wildman–Crippen LogP) is 3.00. The van der Waals surface area contributed by atoms with Gasteiger partial charge in [-0.2, -0.15) is 0 Å². The van der Waals surface area contributed by atoms with Crippen molar-refractivity contribution in [3.63, 3.8) is 0 Å². The summed E-state index contributed by atoms with van der Waals surface area (Å²) >= 11 is 1.77. The van der Waals surface area contributed by atoms with Gasteiger partial charge in [0.2, 0.25) is 0 Å². The quantitative estimate of drug-likeness (QED) is 0.796. The van der Waals surface area contributed by atoms with Crippen LogP contribution in [0.4, 0.5) is 5.69 Å². The van der Waals surface area contributed by atoms with Crippen LogP contribution in [-0.4, -0.2) is 25.0 Å². The van der Waals surface area contributed by atoms with Gasteiger partial charge in [-0.1, -0.05) is 0 Å². The van der Waals surface area contributed by atoms with Crippen molar-refractivity contribution in [2.24, 2.45) is 0 Å². The summed E-state index contributed by atoms with van der Waals surface area (Å²) in [7, 11) is 0. The minimum Gasteiger partial charge on any atom is -0.380 e. The maximum absolute atomic E-state index is 5.52. The number of thioether (sulfide) groups is 1. The summed E-state index contributed by atoms with van der Waals surface area (Å²) in [6, 6.07) is 9.03. The Bertz CT molecular complexity index is 312. The van der Waals surface area contributed by atoms with Gasteiger partial charge >= 0.3 is 0 Å². The van der Waals surface area contributed by atoms with Crippen LogP contribution in [0, 0.1) is 0 Å². The van der Waals surface area contributed by atoms with Crippen LogP contribution in [0.15, 0.2) is 29.2 Å². The zero-order valence-electron chi connectivity index (χ0n) is 9.19. The molecule has 1 aliphatic heterocycles. The molecule has 1 aliphatic rings. The zero-order chi connectivity index (χ0) is 10.7. The van der Waals surface area contributed by atoms with E-state index in [2.05, 4.69) is 42.8 Å². The molecule has 1 N–H and O–H groups in total. The molecule has 1 saturated heterocycles. The third kappa shape index (κ3) is 2.67. The van der Waals surface area contributed by atoms with Crippen LogP contribution < -0.4 is 5.32 Å².